The van der Waals surface area contributed by atoms with Crippen molar-refractivity contribution in [3.8, 4) is 0 Å². The Balaban J connectivity index is 1.72. The first kappa shape index (κ1) is 14.6. The summed E-state index contributed by atoms with van der Waals surface area (Å²) in [4.78, 5) is 20.1. The van der Waals surface area contributed by atoms with Crippen molar-refractivity contribution in [1.29, 1.82) is 0 Å². The summed E-state index contributed by atoms with van der Waals surface area (Å²) in [5.74, 6) is 1.62. The molecule has 6 nitrogen and oxygen atoms in total. The number of hydrogen-bond donors (Lipinski definition) is 3. The molecule has 0 unspecified atom stereocenters. The zero-order chi connectivity index (χ0) is 14.4. The minimum Gasteiger partial charge on any atom is -0.370 e. The highest BCUT2D eigenvalue weighted by Gasteiger charge is 2.22. The van der Waals surface area contributed by atoms with Gasteiger partial charge in [-0.15, -0.1) is 0 Å². The molecule has 0 aromatic carbocycles. The van der Waals surface area contributed by atoms with Crippen molar-refractivity contribution in [2.45, 2.75) is 45.6 Å². The third-order valence-corrected chi connectivity index (χ3v) is 3.12. The Hall–Kier alpha value is -1.85. The topological polar surface area (TPSA) is 78.9 Å². The van der Waals surface area contributed by atoms with Crippen LogP contribution in [0.2, 0.25) is 0 Å². The average Bonchev–Trinajstić information content (AvgIpc) is 3.22. The highest BCUT2D eigenvalue weighted by atomic mass is 16.1. The van der Waals surface area contributed by atoms with Crippen LogP contribution in [-0.4, -0.2) is 35.0 Å². The van der Waals surface area contributed by atoms with E-state index in [0.717, 1.165) is 43.7 Å². The number of anilines is 2. The fraction of sp³-hybridized carbons (Fsp3) is 0.643. The molecule has 2 rings (SSSR count). The van der Waals surface area contributed by atoms with E-state index in [2.05, 4.69) is 25.9 Å². The lowest BCUT2D eigenvalue weighted by Crippen LogP contribution is -2.25. The molecular formula is C14H23N5O. The first-order valence-electron chi connectivity index (χ1n) is 7.29. The third-order valence-electron chi connectivity index (χ3n) is 3.12. The number of carbonyl (C=O) groups is 1. The number of rotatable bonds is 8. The lowest BCUT2D eigenvalue weighted by molar-refractivity contribution is -0.121. The number of nitrogens with zero attached hydrogens (tertiary/aromatic N) is 2. The molecule has 0 radical (unpaired) electrons. The molecule has 110 valence electrons. The maximum Gasteiger partial charge on any atom is 0.224 e. The molecule has 6 heteroatoms. The van der Waals surface area contributed by atoms with Gasteiger partial charge in [-0.3, -0.25) is 4.79 Å². The van der Waals surface area contributed by atoms with E-state index in [1.807, 2.05) is 13.8 Å². The summed E-state index contributed by atoms with van der Waals surface area (Å²) in [7, 11) is 0. The third kappa shape index (κ3) is 4.68. The molecule has 1 saturated carbocycles. The molecule has 0 saturated heterocycles. The molecule has 1 aliphatic carbocycles. The van der Waals surface area contributed by atoms with Gasteiger partial charge in [-0.2, -0.15) is 4.98 Å². The van der Waals surface area contributed by atoms with E-state index < -0.39 is 0 Å². The molecule has 1 heterocycles. The van der Waals surface area contributed by atoms with Gasteiger partial charge >= 0.3 is 0 Å². The van der Waals surface area contributed by atoms with E-state index >= 15 is 0 Å². The van der Waals surface area contributed by atoms with Crippen LogP contribution < -0.4 is 16.0 Å². The fourth-order valence-electron chi connectivity index (χ4n) is 1.85. The van der Waals surface area contributed by atoms with Crippen molar-refractivity contribution in [3.63, 3.8) is 0 Å². The normalized spacial score (nSPS) is 13.9. The highest BCUT2D eigenvalue weighted by Crippen LogP contribution is 2.18. The first-order chi connectivity index (χ1) is 9.69. The molecule has 0 aliphatic heterocycles. The van der Waals surface area contributed by atoms with Crippen molar-refractivity contribution < 1.29 is 4.79 Å². The molecule has 1 amide bonds. The number of aryl methyl sites for hydroxylation is 1. The second-order valence-corrected chi connectivity index (χ2v) is 5.13. The summed E-state index contributed by atoms with van der Waals surface area (Å²) in [6, 6.07) is 0.447. The van der Waals surface area contributed by atoms with Crippen LogP contribution in [0, 0.1) is 6.92 Å². The lowest BCUT2D eigenvalue weighted by atomic mass is 10.3. The minimum atomic E-state index is 0.155. The lowest BCUT2D eigenvalue weighted by Gasteiger charge is -2.10. The molecule has 1 fully saturated rings. The van der Waals surface area contributed by atoms with Crippen LogP contribution >= 0.6 is 0 Å². The van der Waals surface area contributed by atoms with Gasteiger partial charge in [0, 0.05) is 37.3 Å². The second-order valence-electron chi connectivity index (χ2n) is 5.13. The smallest absolute Gasteiger partial charge is 0.224 e. The first-order valence-corrected chi connectivity index (χ1v) is 7.29. The zero-order valence-corrected chi connectivity index (χ0v) is 12.2. The Morgan fingerprint density at radius 2 is 2.20 bits per heavy atom. The largest absolute Gasteiger partial charge is 0.370 e. The summed E-state index contributed by atoms with van der Waals surface area (Å²) in [6.45, 7) is 5.51. The van der Waals surface area contributed by atoms with E-state index in [9.17, 15) is 4.79 Å². The Bertz CT molecular complexity index is 459. The Kier molecular flexibility index (Phi) is 5.15. The standard InChI is InChI=1S/C14H23N5O/c1-3-15-14-17-9-10(2)13(19-14)16-8-4-5-12(20)18-11-6-7-11/h9,11H,3-8H2,1-2H3,(H,18,20)(H2,15,16,17,19). The van der Waals surface area contributed by atoms with E-state index in [0.29, 0.717) is 18.4 Å². The van der Waals surface area contributed by atoms with E-state index in [1.54, 1.807) is 6.20 Å². The van der Waals surface area contributed by atoms with Crippen molar-refractivity contribution >= 4 is 17.7 Å². The van der Waals surface area contributed by atoms with Crippen LogP contribution in [0.3, 0.4) is 0 Å². The van der Waals surface area contributed by atoms with Gasteiger partial charge in [-0.1, -0.05) is 0 Å². The predicted molar refractivity (Wildman–Crippen MR) is 79.8 cm³/mol. The van der Waals surface area contributed by atoms with Gasteiger partial charge in [0.25, 0.3) is 0 Å². The van der Waals surface area contributed by atoms with Gasteiger partial charge in [0.2, 0.25) is 11.9 Å². The van der Waals surface area contributed by atoms with Crippen LogP contribution in [0.1, 0.15) is 38.2 Å². The average molecular weight is 277 g/mol. The second kappa shape index (κ2) is 7.07. The summed E-state index contributed by atoms with van der Waals surface area (Å²) in [5, 5.41) is 9.34. The Morgan fingerprint density at radius 1 is 1.40 bits per heavy atom. The van der Waals surface area contributed by atoms with Crippen LogP contribution in [0.4, 0.5) is 11.8 Å². The molecule has 0 bridgehead atoms. The molecule has 1 aliphatic rings. The van der Waals surface area contributed by atoms with Crippen LogP contribution in [0.15, 0.2) is 6.20 Å². The highest BCUT2D eigenvalue weighted by molar-refractivity contribution is 5.76. The maximum absolute atomic E-state index is 11.5. The molecule has 3 N–H and O–H groups in total. The molecule has 1 aromatic rings. The zero-order valence-electron chi connectivity index (χ0n) is 12.2. The van der Waals surface area contributed by atoms with Gasteiger partial charge in [0.15, 0.2) is 0 Å². The molecule has 0 atom stereocenters. The Labute approximate surface area is 119 Å². The molecule has 0 spiro atoms. The summed E-state index contributed by atoms with van der Waals surface area (Å²) < 4.78 is 0. The number of carbonyl (C=O) groups excluding carboxylic acids is 1. The van der Waals surface area contributed by atoms with Gasteiger partial charge in [0.1, 0.15) is 5.82 Å². The molecule has 20 heavy (non-hydrogen) atoms. The van der Waals surface area contributed by atoms with Crippen LogP contribution in [0.5, 0.6) is 0 Å². The maximum atomic E-state index is 11.5. The summed E-state index contributed by atoms with van der Waals surface area (Å²) in [5.41, 5.74) is 1.01. The Morgan fingerprint density at radius 3 is 2.90 bits per heavy atom. The molecule has 1 aromatic heterocycles. The minimum absolute atomic E-state index is 0.155. The number of amides is 1. The van der Waals surface area contributed by atoms with Gasteiger partial charge in [-0.05, 0) is 33.1 Å². The van der Waals surface area contributed by atoms with Crippen molar-refractivity contribution in [2.75, 3.05) is 23.7 Å². The van der Waals surface area contributed by atoms with Gasteiger partial charge in [-0.25, -0.2) is 4.98 Å². The van der Waals surface area contributed by atoms with E-state index in [4.69, 9.17) is 0 Å². The quantitative estimate of drug-likeness (QED) is 0.630. The number of nitrogens with one attached hydrogen (secondary N) is 3. The van der Waals surface area contributed by atoms with E-state index in [1.165, 1.54) is 0 Å². The van der Waals surface area contributed by atoms with Crippen molar-refractivity contribution in [2.24, 2.45) is 0 Å². The fourth-order valence-corrected chi connectivity index (χ4v) is 1.85. The number of aromatic nitrogens is 2. The number of hydrogen-bond acceptors (Lipinski definition) is 5. The monoisotopic (exact) mass is 277 g/mol. The van der Waals surface area contributed by atoms with Gasteiger partial charge < -0.3 is 16.0 Å². The van der Waals surface area contributed by atoms with Crippen LogP contribution in [-0.2, 0) is 4.79 Å². The summed E-state index contributed by atoms with van der Waals surface area (Å²) in [6.07, 6.45) is 5.44. The van der Waals surface area contributed by atoms with E-state index in [-0.39, 0.29) is 5.91 Å². The van der Waals surface area contributed by atoms with Crippen molar-refractivity contribution in [3.05, 3.63) is 11.8 Å². The predicted octanol–water partition coefficient (Wildman–Crippen LogP) is 1.69. The van der Waals surface area contributed by atoms with Gasteiger partial charge in [0.05, 0.1) is 0 Å². The summed E-state index contributed by atoms with van der Waals surface area (Å²) >= 11 is 0. The molecular weight excluding hydrogens is 254 g/mol. The van der Waals surface area contributed by atoms with Crippen LogP contribution in [0.25, 0.3) is 0 Å². The SMILES string of the molecule is CCNc1ncc(C)c(NCCCC(=O)NC2CC2)n1. The van der Waals surface area contributed by atoms with Crippen molar-refractivity contribution in [1.82, 2.24) is 15.3 Å².